The minimum absolute atomic E-state index is 0.140. The van der Waals surface area contributed by atoms with Crippen LogP contribution in [0.15, 0.2) is 52.3 Å². The Morgan fingerprint density at radius 3 is 1.70 bits per heavy atom. The number of aryl methyl sites for hydroxylation is 1. The zero-order chi connectivity index (χ0) is 21.0. The molecule has 27 heavy (non-hydrogen) atoms. The summed E-state index contributed by atoms with van der Waals surface area (Å²) in [6, 6.07) is 7.68. The van der Waals surface area contributed by atoms with Gasteiger partial charge in [-0.3, -0.25) is 29.3 Å². The van der Waals surface area contributed by atoms with Crippen LogP contribution < -0.4 is 0 Å². The van der Waals surface area contributed by atoms with Gasteiger partial charge in [0.25, 0.3) is 21.5 Å². The lowest BCUT2D eigenvalue weighted by atomic mass is 10.2. The monoisotopic (exact) mass is 420 g/mol. The van der Waals surface area contributed by atoms with Gasteiger partial charge in [0, 0.05) is 18.2 Å². The lowest BCUT2D eigenvalue weighted by Gasteiger charge is -2.00. The van der Waals surface area contributed by atoms with Crippen LogP contribution in [0.4, 0.5) is 11.4 Å². The Balaban J connectivity index is 0.000000271. The Bertz CT molecular complexity index is 1090. The van der Waals surface area contributed by atoms with Crippen LogP contribution >= 0.6 is 0 Å². The average molecular weight is 420 g/mol. The first-order valence-corrected chi connectivity index (χ1v) is 9.56. The predicted octanol–water partition coefficient (Wildman–Crippen LogP) is 1.99. The van der Waals surface area contributed by atoms with Crippen LogP contribution in [0, 0.1) is 27.2 Å². The van der Waals surface area contributed by atoms with Gasteiger partial charge in [0.05, 0.1) is 14.7 Å². The second kappa shape index (κ2) is 8.17. The fraction of sp³-hybridized carbons (Fsp3) is 0.0769. The highest BCUT2D eigenvalue weighted by Gasteiger charge is 2.22. The Hall–Kier alpha value is -2.94. The van der Waals surface area contributed by atoms with Crippen LogP contribution in [-0.4, -0.2) is 35.8 Å². The van der Waals surface area contributed by atoms with Gasteiger partial charge in [0.15, 0.2) is 4.90 Å². The molecule has 14 heteroatoms. The van der Waals surface area contributed by atoms with Crippen molar-refractivity contribution in [1.29, 1.82) is 0 Å². The number of hydrogen-bond acceptors (Lipinski definition) is 8. The topological polar surface area (TPSA) is 195 Å². The number of nitrogens with zero attached hydrogens (tertiary/aromatic N) is 2. The quantitative estimate of drug-likeness (QED) is 0.419. The highest BCUT2D eigenvalue weighted by molar-refractivity contribution is 7.86. The molecule has 146 valence electrons. The van der Waals surface area contributed by atoms with Gasteiger partial charge < -0.3 is 0 Å². The third kappa shape index (κ3) is 6.07. The Kier molecular flexibility index (Phi) is 6.69. The third-order valence-electron chi connectivity index (χ3n) is 2.99. The summed E-state index contributed by atoms with van der Waals surface area (Å²) in [6.45, 7) is 1.37. The molecule has 0 atom stereocenters. The van der Waals surface area contributed by atoms with Crippen LogP contribution in [-0.2, 0) is 20.2 Å². The third-order valence-corrected chi connectivity index (χ3v) is 4.90. The molecule has 0 radical (unpaired) electrons. The van der Waals surface area contributed by atoms with E-state index in [4.69, 9.17) is 9.11 Å². The van der Waals surface area contributed by atoms with E-state index < -0.39 is 40.7 Å². The van der Waals surface area contributed by atoms with Gasteiger partial charge in [-0.25, -0.2) is 0 Å². The molecule has 2 rings (SSSR count). The van der Waals surface area contributed by atoms with Crippen molar-refractivity contribution in [2.24, 2.45) is 0 Å². The first kappa shape index (κ1) is 22.1. The van der Waals surface area contributed by atoms with Crippen LogP contribution in [0.5, 0.6) is 0 Å². The minimum atomic E-state index is -4.52. The van der Waals surface area contributed by atoms with Crippen molar-refractivity contribution in [2.75, 3.05) is 0 Å². The number of non-ortho nitro benzene ring substituents is 1. The second-order valence-corrected chi connectivity index (χ2v) is 7.66. The first-order valence-electron chi connectivity index (χ1n) is 6.68. The number of nitro benzene ring substituents is 2. The van der Waals surface area contributed by atoms with E-state index in [-0.39, 0.29) is 16.1 Å². The summed E-state index contributed by atoms with van der Waals surface area (Å²) in [5.74, 6) is 0. The molecule has 0 aliphatic carbocycles. The molecule has 0 amide bonds. The molecular formula is C13H12N2O10S2. The molecule has 0 fully saturated rings. The summed E-state index contributed by atoms with van der Waals surface area (Å²) in [5.41, 5.74) is -0.707. The van der Waals surface area contributed by atoms with Gasteiger partial charge in [-0.05, 0) is 24.6 Å². The van der Waals surface area contributed by atoms with E-state index in [1.807, 2.05) is 0 Å². The maximum atomic E-state index is 10.7. The zero-order valence-electron chi connectivity index (χ0n) is 13.4. The van der Waals surface area contributed by atoms with E-state index in [0.717, 1.165) is 30.3 Å². The molecular weight excluding hydrogens is 408 g/mol. The summed E-state index contributed by atoms with van der Waals surface area (Å²) in [6.07, 6.45) is 0. The van der Waals surface area contributed by atoms with Gasteiger partial charge in [-0.1, -0.05) is 12.1 Å². The van der Waals surface area contributed by atoms with Gasteiger partial charge in [-0.15, -0.1) is 0 Å². The fourth-order valence-electron chi connectivity index (χ4n) is 1.86. The predicted molar refractivity (Wildman–Crippen MR) is 90.6 cm³/mol. The molecule has 0 aromatic heterocycles. The van der Waals surface area contributed by atoms with Crippen molar-refractivity contribution in [2.45, 2.75) is 16.7 Å². The standard InChI is InChI=1S/C7H7NO5S.C6H5NO5S/c1-5-4-6(8(9)10)2-3-7(5)14(11,12)13;8-7(9)5-3-1-2-4-6(5)13(10,11)12/h2-4H,1H3,(H,11,12,13);1-4H,(H,10,11,12). The average Bonchev–Trinajstić information content (AvgIpc) is 2.53. The molecule has 0 heterocycles. The first-order chi connectivity index (χ1) is 12.2. The van der Waals surface area contributed by atoms with E-state index in [2.05, 4.69) is 0 Å². The van der Waals surface area contributed by atoms with E-state index >= 15 is 0 Å². The maximum Gasteiger partial charge on any atom is 0.301 e. The molecule has 2 aromatic carbocycles. The van der Waals surface area contributed by atoms with Crippen molar-refractivity contribution in [3.8, 4) is 0 Å². The number of hydrogen-bond donors (Lipinski definition) is 2. The molecule has 0 spiro atoms. The van der Waals surface area contributed by atoms with E-state index in [9.17, 15) is 37.1 Å². The molecule has 0 unspecified atom stereocenters. The normalized spacial score (nSPS) is 11.2. The van der Waals surface area contributed by atoms with Crippen molar-refractivity contribution >= 4 is 31.6 Å². The molecule has 0 saturated carbocycles. The summed E-state index contributed by atoms with van der Waals surface area (Å²) in [5, 5.41) is 20.6. The van der Waals surface area contributed by atoms with Crippen molar-refractivity contribution in [1.82, 2.24) is 0 Å². The number of nitro groups is 2. The highest BCUT2D eigenvalue weighted by Crippen LogP contribution is 2.22. The van der Waals surface area contributed by atoms with Crippen molar-refractivity contribution in [3.63, 3.8) is 0 Å². The largest absolute Gasteiger partial charge is 0.301 e. The number of rotatable bonds is 4. The summed E-state index contributed by atoms with van der Waals surface area (Å²) < 4.78 is 59.9. The lowest BCUT2D eigenvalue weighted by molar-refractivity contribution is -0.387. The minimum Gasteiger partial charge on any atom is -0.282 e. The van der Waals surface area contributed by atoms with Crippen LogP contribution in [0.1, 0.15) is 5.56 Å². The summed E-state index contributed by atoms with van der Waals surface area (Å²) in [4.78, 5) is 18.1. The maximum absolute atomic E-state index is 10.7. The second-order valence-electron chi connectivity index (χ2n) is 4.88. The molecule has 0 saturated heterocycles. The molecule has 2 aromatic rings. The SMILES string of the molecule is Cc1cc([N+](=O)[O-])ccc1S(=O)(=O)O.O=[N+]([O-])c1ccccc1S(=O)(=O)O. The molecule has 2 N–H and O–H groups in total. The van der Waals surface area contributed by atoms with E-state index in [0.29, 0.717) is 0 Å². The molecule has 0 aliphatic heterocycles. The van der Waals surface area contributed by atoms with Crippen molar-refractivity contribution < 1.29 is 35.8 Å². The smallest absolute Gasteiger partial charge is 0.282 e. The van der Waals surface area contributed by atoms with Gasteiger partial charge in [-0.2, -0.15) is 16.8 Å². The molecule has 0 bridgehead atoms. The molecule has 0 aliphatic rings. The van der Waals surface area contributed by atoms with Crippen LogP contribution in [0.3, 0.4) is 0 Å². The number of para-hydroxylation sites is 1. The Morgan fingerprint density at radius 2 is 1.33 bits per heavy atom. The van der Waals surface area contributed by atoms with Crippen LogP contribution in [0.25, 0.3) is 0 Å². The Labute approximate surface area is 152 Å². The lowest BCUT2D eigenvalue weighted by Crippen LogP contribution is -2.02. The Morgan fingerprint density at radius 1 is 0.815 bits per heavy atom. The van der Waals surface area contributed by atoms with Gasteiger partial charge in [0.1, 0.15) is 0 Å². The fourth-order valence-corrected chi connectivity index (χ4v) is 3.23. The summed E-state index contributed by atoms with van der Waals surface area (Å²) in [7, 11) is -8.82. The van der Waals surface area contributed by atoms with Crippen molar-refractivity contribution in [3.05, 3.63) is 68.3 Å². The van der Waals surface area contributed by atoms with Crippen LogP contribution in [0.2, 0.25) is 0 Å². The zero-order valence-corrected chi connectivity index (χ0v) is 15.0. The van der Waals surface area contributed by atoms with Gasteiger partial charge in [0.2, 0.25) is 0 Å². The number of benzene rings is 2. The van der Waals surface area contributed by atoms with Gasteiger partial charge >= 0.3 is 10.1 Å². The summed E-state index contributed by atoms with van der Waals surface area (Å²) >= 11 is 0. The highest BCUT2D eigenvalue weighted by atomic mass is 32.2. The molecule has 12 nitrogen and oxygen atoms in total. The van der Waals surface area contributed by atoms with E-state index in [1.165, 1.54) is 19.1 Å². The van der Waals surface area contributed by atoms with E-state index in [1.54, 1.807) is 0 Å².